The van der Waals surface area contributed by atoms with Crippen LogP contribution >= 0.6 is 11.6 Å². The average molecular weight is 346 g/mol. The van der Waals surface area contributed by atoms with Crippen molar-refractivity contribution in [3.05, 3.63) is 63.2 Å². The molecule has 0 atom stereocenters. The van der Waals surface area contributed by atoms with Gasteiger partial charge in [-0.2, -0.15) is 0 Å². The molecule has 2 rings (SSSR count). The monoisotopic (exact) mass is 345 g/mol. The molecule has 0 amide bonds. The fraction of sp³-hybridized carbons (Fsp3) is 0.176. The Balaban J connectivity index is 2.08. The van der Waals surface area contributed by atoms with E-state index in [4.69, 9.17) is 16.7 Å². The van der Waals surface area contributed by atoms with Gasteiger partial charge in [0.1, 0.15) is 0 Å². The number of hydrogen-bond acceptors (Lipinski definition) is 5. The highest BCUT2D eigenvalue weighted by atomic mass is 35.5. The van der Waals surface area contributed by atoms with Crippen molar-refractivity contribution in [2.24, 2.45) is 0 Å². The van der Waals surface area contributed by atoms with Crippen molar-refractivity contribution >= 4 is 28.7 Å². The zero-order valence-electron chi connectivity index (χ0n) is 12.8. The zero-order chi connectivity index (χ0) is 17.4. The minimum absolute atomic E-state index is 0.0160. The minimum Gasteiger partial charge on any atom is -0.395 e. The van der Waals surface area contributed by atoms with E-state index in [1.54, 1.807) is 18.2 Å². The van der Waals surface area contributed by atoms with Gasteiger partial charge in [0.05, 0.1) is 29.4 Å². The molecule has 0 saturated heterocycles. The van der Waals surface area contributed by atoms with Crippen LogP contribution in [0.4, 0.5) is 17.1 Å². The van der Waals surface area contributed by atoms with Gasteiger partial charge in [0, 0.05) is 29.3 Å². The maximum atomic E-state index is 10.9. The molecular weight excluding hydrogens is 330 g/mol. The number of anilines is 2. The summed E-state index contributed by atoms with van der Waals surface area (Å²) >= 11 is 5.81. The van der Waals surface area contributed by atoms with E-state index < -0.39 is 4.92 Å². The van der Waals surface area contributed by atoms with Crippen LogP contribution in [0.15, 0.2) is 42.5 Å². The van der Waals surface area contributed by atoms with Gasteiger partial charge in [0.15, 0.2) is 0 Å². The molecule has 0 aliphatic carbocycles. The number of hydrogen-bond donors (Lipinski definition) is 3. The van der Waals surface area contributed by atoms with Gasteiger partial charge in [-0.15, -0.1) is 0 Å². The molecule has 0 heterocycles. The van der Waals surface area contributed by atoms with Gasteiger partial charge in [0.2, 0.25) is 0 Å². The summed E-state index contributed by atoms with van der Waals surface area (Å²) in [4.78, 5) is 10.4. The van der Waals surface area contributed by atoms with Gasteiger partial charge >= 0.3 is 0 Å². The van der Waals surface area contributed by atoms with Gasteiger partial charge < -0.3 is 15.7 Å². The van der Waals surface area contributed by atoms with E-state index in [1.807, 2.05) is 12.1 Å². The molecular formula is C17H16ClN3O3. The molecule has 6 nitrogen and oxygen atoms in total. The lowest BCUT2D eigenvalue weighted by Gasteiger charge is -2.11. The van der Waals surface area contributed by atoms with Gasteiger partial charge in [-0.05, 0) is 30.3 Å². The summed E-state index contributed by atoms with van der Waals surface area (Å²) in [5.74, 6) is 5.93. The lowest BCUT2D eigenvalue weighted by atomic mass is 10.2. The van der Waals surface area contributed by atoms with Gasteiger partial charge in [-0.1, -0.05) is 23.4 Å². The standard InChI is InChI=1S/C17H16ClN3O3/c18-14-5-3-13(4-6-14)2-1-9-19-17-12-15(21(23)24)7-8-16(17)20-10-11-22/h3-8,12,19-20,22H,9-11H2. The van der Waals surface area contributed by atoms with Gasteiger partial charge in [0.25, 0.3) is 5.69 Å². The molecule has 0 unspecified atom stereocenters. The highest BCUT2D eigenvalue weighted by molar-refractivity contribution is 6.30. The van der Waals surface area contributed by atoms with Crippen LogP contribution in [0, 0.1) is 22.0 Å². The fourth-order valence-electron chi connectivity index (χ4n) is 1.96. The predicted molar refractivity (Wildman–Crippen MR) is 95.5 cm³/mol. The van der Waals surface area contributed by atoms with Crippen LogP contribution in [0.3, 0.4) is 0 Å². The number of benzene rings is 2. The zero-order valence-corrected chi connectivity index (χ0v) is 13.5. The maximum absolute atomic E-state index is 10.9. The van der Waals surface area contributed by atoms with Crippen LogP contribution in [0.5, 0.6) is 0 Å². The van der Waals surface area contributed by atoms with E-state index in [0.29, 0.717) is 29.5 Å². The van der Waals surface area contributed by atoms with Gasteiger partial charge in [-0.3, -0.25) is 10.1 Å². The number of aliphatic hydroxyl groups excluding tert-OH is 1. The van der Waals surface area contributed by atoms with E-state index >= 15 is 0 Å². The summed E-state index contributed by atoms with van der Waals surface area (Å²) in [6.45, 7) is 0.632. The van der Waals surface area contributed by atoms with Crippen molar-refractivity contribution in [1.82, 2.24) is 0 Å². The molecule has 2 aromatic rings. The number of non-ortho nitro benzene ring substituents is 1. The first-order valence-electron chi connectivity index (χ1n) is 7.21. The number of nitro groups is 1. The second-order valence-corrected chi connectivity index (χ2v) is 5.24. The Hall–Kier alpha value is -2.75. The lowest BCUT2D eigenvalue weighted by molar-refractivity contribution is -0.384. The molecule has 0 saturated carbocycles. The third-order valence-electron chi connectivity index (χ3n) is 3.09. The van der Waals surface area contributed by atoms with Crippen LogP contribution < -0.4 is 10.6 Å². The van der Waals surface area contributed by atoms with Crippen LogP contribution in [-0.4, -0.2) is 29.7 Å². The number of nitrogens with zero attached hydrogens (tertiary/aromatic N) is 1. The van der Waals surface area contributed by atoms with E-state index in [1.165, 1.54) is 12.1 Å². The lowest BCUT2D eigenvalue weighted by Crippen LogP contribution is -2.09. The van der Waals surface area contributed by atoms with E-state index in [0.717, 1.165) is 5.56 Å². The first-order chi connectivity index (χ1) is 11.6. The fourth-order valence-corrected chi connectivity index (χ4v) is 2.08. The summed E-state index contributed by atoms with van der Waals surface area (Å²) in [6.07, 6.45) is 0. The predicted octanol–water partition coefficient (Wildman–Crippen LogP) is 3.12. The van der Waals surface area contributed by atoms with Crippen LogP contribution in [0.25, 0.3) is 0 Å². The molecule has 0 bridgehead atoms. The van der Waals surface area contributed by atoms with E-state index in [9.17, 15) is 10.1 Å². The highest BCUT2D eigenvalue weighted by Crippen LogP contribution is 2.26. The first-order valence-corrected chi connectivity index (χ1v) is 7.59. The molecule has 7 heteroatoms. The van der Waals surface area contributed by atoms with E-state index in [-0.39, 0.29) is 12.3 Å². The summed E-state index contributed by atoms with van der Waals surface area (Å²) in [5, 5.41) is 26.5. The SMILES string of the molecule is O=[N+]([O-])c1ccc(NCCO)c(NCC#Cc2ccc(Cl)cc2)c1. The quantitative estimate of drug-likeness (QED) is 0.425. The van der Waals surface area contributed by atoms with Crippen molar-refractivity contribution < 1.29 is 10.0 Å². The molecule has 3 N–H and O–H groups in total. The molecule has 0 aliphatic rings. The topological polar surface area (TPSA) is 87.4 Å². The molecule has 0 fully saturated rings. The van der Waals surface area contributed by atoms with Crippen molar-refractivity contribution in [3.63, 3.8) is 0 Å². The molecule has 24 heavy (non-hydrogen) atoms. The summed E-state index contributed by atoms with van der Waals surface area (Å²) in [6, 6.07) is 11.6. The number of nitro benzene ring substituents is 1. The van der Waals surface area contributed by atoms with Crippen LogP contribution in [0.1, 0.15) is 5.56 Å². The molecule has 0 aliphatic heterocycles. The highest BCUT2D eigenvalue weighted by Gasteiger charge is 2.10. The molecule has 0 aromatic heterocycles. The van der Waals surface area contributed by atoms with Crippen LogP contribution in [-0.2, 0) is 0 Å². The number of nitrogens with one attached hydrogen (secondary N) is 2. The first kappa shape index (κ1) is 17.6. The molecule has 0 spiro atoms. The number of rotatable bonds is 6. The molecule has 0 radical (unpaired) electrons. The van der Waals surface area contributed by atoms with Gasteiger partial charge in [-0.25, -0.2) is 0 Å². The molecule has 124 valence electrons. The Morgan fingerprint density at radius 1 is 1.12 bits per heavy atom. The Morgan fingerprint density at radius 2 is 1.88 bits per heavy atom. The van der Waals surface area contributed by atoms with E-state index in [2.05, 4.69) is 22.5 Å². The molecule has 2 aromatic carbocycles. The normalized spacial score (nSPS) is 9.75. The average Bonchev–Trinajstić information content (AvgIpc) is 2.58. The Bertz CT molecular complexity index is 767. The van der Waals surface area contributed by atoms with Crippen molar-refractivity contribution in [1.29, 1.82) is 0 Å². The number of aliphatic hydroxyl groups is 1. The van der Waals surface area contributed by atoms with Crippen LogP contribution in [0.2, 0.25) is 5.02 Å². The Morgan fingerprint density at radius 3 is 2.54 bits per heavy atom. The maximum Gasteiger partial charge on any atom is 0.271 e. The summed E-state index contributed by atoms with van der Waals surface area (Å²) in [5.41, 5.74) is 2.04. The Labute approximate surface area is 144 Å². The van der Waals surface area contributed by atoms with Crippen molar-refractivity contribution in [2.75, 3.05) is 30.3 Å². The largest absolute Gasteiger partial charge is 0.395 e. The second kappa shape index (κ2) is 8.77. The minimum atomic E-state index is -0.458. The number of halogens is 1. The smallest absolute Gasteiger partial charge is 0.271 e. The van der Waals surface area contributed by atoms with Crippen molar-refractivity contribution in [2.45, 2.75) is 0 Å². The summed E-state index contributed by atoms with van der Waals surface area (Å²) in [7, 11) is 0. The summed E-state index contributed by atoms with van der Waals surface area (Å²) < 4.78 is 0. The third-order valence-corrected chi connectivity index (χ3v) is 3.34. The second-order valence-electron chi connectivity index (χ2n) is 4.80. The third kappa shape index (κ3) is 5.16. The Kier molecular flexibility index (Phi) is 6.43. The van der Waals surface area contributed by atoms with Crippen molar-refractivity contribution in [3.8, 4) is 11.8 Å².